The van der Waals surface area contributed by atoms with Crippen LogP contribution in [0, 0.1) is 13.8 Å². The first-order valence-electron chi connectivity index (χ1n) is 5.84. The van der Waals surface area contributed by atoms with Crippen LogP contribution >= 0.6 is 34.3 Å². The zero-order valence-corrected chi connectivity index (χ0v) is 12.6. The Morgan fingerprint density at radius 3 is 2.50 bits per heavy atom. The molecule has 0 saturated carbocycles. The number of halogens is 1. The number of hydrogen-bond acceptors (Lipinski definition) is 2. The molecule has 3 heteroatoms. The summed E-state index contributed by atoms with van der Waals surface area (Å²) >= 11 is 10.2. The molecule has 0 aliphatic heterocycles. The molecule has 0 bridgehead atoms. The second-order valence-corrected chi connectivity index (χ2v) is 7.29. The fourth-order valence-electron chi connectivity index (χ4n) is 2.17. The lowest BCUT2D eigenvalue weighted by molar-refractivity contribution is 1.21. The van der Waals surface area contributed by atoms with Gasteiger partial charge in [0, 0.05) is 19.3 Å². The van der Waals surface area contributed by atoms with Crippen LogP contribution in [0.1, 0.15) is 25.6 Å². The lowest BCUT2D eigenvalue weighted by Crippen LogP contribution is -1.87. The maximum atomic E-state index is 6.64. The van der Waals surface area contributed by atoms with Crippen molar-refractivity contribution in [2.45, 2.75) is 19.2 Å². The summed E-state index contributed by atoms with van der Waals surface area (Å²) in [5.74, 6) is 0. The summed E-state index contributed by atoms with van der Waals surface area (Å²) in [6.07, 6.45) is 0. The molecule has 92 valence electrons. The third kappa shape index (κ3) is 2.09. The van der Waals surface area contributed by atoms with Crippen LogP contribution in [-0.2, 0) is 0 Å². The van der Waals surface area contributed by atoms with E-state index in [1.165, 1.54) is 30.3 Å². The van der Waals surface area contributed by atoms with Crippen molar-refractivity contribution in [1.29, 1.82) is 0 Å². The van der Waals surface area contributed by atoms with Gasteiger partial charge in [-0.3, -0.25) is 0 Å². The minimum absolute atomic E-state index is 0.0129. The summed E-state index contributed by atoms with van der Waals surface area (Å²) in [7, 11) is 0. The number of fused-ring (bicyclic) bond motifs is 1. The Kier molecular flexibility index (Phi) is 3.18. The lowest BCUT2D eigenvalue weighted by atomic mass is 10.2. The Bertz CT molecular complexity index is 660. The highest BCUT2D eigenvalue weighted by molar-refractivity contribution is 7.19. The van der Waals surface area contributed by atoms with E-state index in [-0.39, 0.29) is 5.38 Å². The maximum absolute atomic E-state index is 6.64. The van der Waals surface area contributed by atoms with Crippen LogP contribution in [0.5, 0.6) is 0 Å². The summed E-state index contributed by atoms with van der Waals surface area (Å²) in [5, 5.41) is 1.27. The molecule has 3 aromatic rings. The van der Waals surface area contributed by atoms with E-state index >= 15 is 0 Å². The Labute approximate surface area is 120 Å². The predicted octanol–water partition coefficient (Wildman–Crippen LogP) is 5.91. The van der Waals surface area contributed by atoms with Crippen molar-refractivity contribution in [3.8, 4) is 0 Å². The molecule has 0 nitrogen and oxygen atoms in total. The standard InChI is InChI=1S/C15H13ClS2/c1-9-7-10(2)17-15(9)14(16)13-8-11-5-3-4-6-12(11)18-13/h3-8,14H,1-2H3. The number of thiophene rings is 2. The minimum Gasteiger partial charge on any atom is -0.143 e. The average Bonchev–Trinajstić information content (AvgIpc) is 2.91. The van der Waals surface area contributed by atoms with E-state index in [2.05, 4.69) is 50.2 Å². The molecule has 2 aromatic heterocycles. The van der Waals surface area contributed by atoms with Gasteiger partial charge >= 0.3 is 0 Å². The van der Waals surface area contributed by atoms with E-state index in [1.807, 2.05) is 0 Å². The Morgan fingerprint density at radius 2 is 1.83 bits per heavy atom. The first-order chi connectivity index (χ1) is 8.65. The summed E-state index contributed by atoms with van der Waals surface area (Å²) in [6.45, 7) is 4.28. The zero-order chi connectivity index (χ0) is 12.7. The molecule has 0 spiro atoms. The smallest absolute Gasteiger partial charge is 0.102 e. The molecule has 0 aliphatic rings. The number of rotatable bonds is 2. The molecule has 1 aromatic carbocycles. The van der Waals surface area contributed by atoms with Crippen LogP contribution in [0.2, 0.25) is 0 Å². The van der Waals surface area contributed by atoms with Gasteiger partial charge in [0.15, 0.2) is 0 Å². The second-order valence-electron chi connectivity index (χ2n) is 4.45. The summed E-state index contributed by atoms with van der Waals surface area (Å²) in [4.78, 5) is 3.85. The van der Waals surface area contributed by atoms with E-state index < -0.39 is 0 Å². The molecule has 0 N–H and O–H groups in total. The zero-order valence-electron chi connectivity index (χ0n) is 10.2. The lowest BCUT2D eigenvalue weighted by Gasteiger charge is -2.05. The molecule has 3 rings (SSSR count). The van der Waals surface area contributed by atoms with Crippen LogP contribution in [0.3, 0.4) is 0 Å². The van der Waals surface area contributed by atoms with E-state index in [4.69, 9.17) is 11.6 Å². The van der Waals surface area contributed by atoms with Crippen LogP contribution in [0.15, 0.2) is 36.4 Å². The molecule has 0 aliphatic carbocycles. The van der Waals surface area contributed by atoms with Crippen molar-refractivity contribution >= 4 is 44.4 Å². The summed E-state index contributed by atoms with van der Waals surface area (Å²) < 4.78 is 1.31. The van der Waals surface area contributed by atoms with Gasteiger partial charge in [0.2, 0.25) is 0 Å². The Hall–Kier alpha value is -0.830. The molecule has 0 fully saturated rings. The molecule has 1 atom stereocenters. The molecular weight excluding hydrogens is 280 g/mol. The van der Waals surface area contributed by atoms with Crippen molar-refractivity contribution in [2.24, 2.45) is 0 Å². The highest BCUT2D eigenvalue weighted by atomic mass is 35.5. The molecule has 0 radical (unpaired) electrons. The fourth-order valence-corrected chi connectivity index (χ4v) is 4.83. The van der Waals surface area contributed by atoms with E-state index in [0.717, 1.165) is 0 Å². The summed E-state index contributed by atoms with van der Waals surface area (Å²) in [5.41, 5.74) is 1.30. The van der Waals surface area contributed by atoms with Crippen molar-refractivity contribution in [3.05, 3.63) is 56.6 Å². The van der Waals surface area contributed by atoms with Gasteiger partial charge in [-0.25, -0.2) is 0 Å². The van der Waals surface area contributed by atoms with Gasteiger partial charge in [-0.05, 0) is 43.0 Å². The Balaban J connectivity index is 2.06. The quantitative estimate of drug-likeness (QED) is 0.515. The first kappa shape index (κ1) is 12.2. The fraction of sp³-hybridized carbons (Fsp3) is 0.200. The number of aryl methyl sites for hydroxylation is 2. The van der Waals surface area contributed by atoms with Crippen LogP contribution in [0.4, 0.5) is 0 Å². The van der Waals surface area contributed by atoms with Gasteiger partial charge in [-0.15, -0.1) is 34.3 Å². The third-order valence-corrected chi connectivity index (χ3v) is 6.11. The monoisotopic (exact) mass is 292 g/mol. The highest BCUT2D eigenvalue weighted by Crippen LogP contribution is 2.41. The maximum Gasteiger partial charge on any atom is 0.102 e. The SMILES string of the molecule is Cc1cc(C)c(C(Cl)c2cc3ccccc3s2)s1. The normalized spacial score (nSPS) is 13.1. The van der Waals surface area contributed by atoms with Crippen molar-refractivity contribution in [2.75, 3.05) is 0 Å². The molecule has 2 heterocycles. The Morgan fingerprint density at radius 1 is 1.06 bits per heavy atom. The number of alkyl halides is 1. The van der Waals surface area contributed by atoms with Crippen molar-refractivity contribution in [3.63, 3.8) is 0 Å². The van der Waals surface area contributed by atoms with Gasteiger partial charge in [-0.1, -0.05) is 18.2 Å². The van der Waals surface area contributed by atoms with Gasteiger partial charge < -0.3 is 0 Å². The number of benzene rings is 1. The van der Waals surface area contributed by atoms with Crippen molar-refractivity contribution < 1.29 is 0 Å². The van der Waals surface area contributed by atoms with E-state index in [0.29, 0.717) is 0 Å². The predicted molar refractivity (Wildman–Crippen MR) is 83.3 cm³/mol. The van der Waals surface area contributed by atoms with Crippen LogP contribution < -0.4 is 0 Å². The second kappa shape index (κ2) is 4.69. The van der Waals surface area contributed by atoms with Gasteiger partial charge in [0.25, 0.3) is 0 Å². The van der Waals surface area contributed by atoms with Crippen molar-refractivity contribution in [1.82, 2.24) is 0 Å². The topological polar surface area (TPSA) is 0 Å². The highest BCUT2D eigenvalue weighted by Gasteiger charge is 2.18. The van der Waals surface area contributed by atoms with E-state index in [9.17, 15) is 0 Å². The molecular formula is C15H13ClS2. The van der Waals surface area contributed by atoms with Crippen LogP contribution in [0.25, 0.3) is 10.1 Å². The first-order valence-corrected chi connectivity index (χ1v) is 7.91. The molecule has 0 amide bonds. The van der Waals surface area contributed by atoms with E-state index in [1.54, 1.807) is 22.7 Å². The van der Waals surface area contributed by atoms with Gasteiger partial charge in [0.1, 0.15) is 5.38 Å². The van der Waals surface area contributed by atoms with Crippen LogP contribution in [-0.4, -0.2) is 0 Å². The minimum atomic E-state index is -0.0129. The molecule has 0 saturated heterocycles. The van der Waals surface area contributed by atoms with Gasteiger partial charge in [0.05, 0.1) is 0 Å². The largest absolute Gasteiger partial charge is 0.143 e. The molecule has 1 unspecified atom stereocenters. The average molecular weight is 293 g/mol. The van der Waals surface area contributed by atoms with Gasteiger partial charge in [-0.2, -0.15) is 0 Å². The third-order valence-electron chi connectivity index (χ3n) is 3.00. The number of hydrogen-bond donors (Lipinski definition) is 0. The summed E-state index contributed by atoms with van der Waals surface area (Å²) in [6, 6.07) is 12.9. The molecule has 18 heavy (non-hydrogen) atoms.